The van der Waals surface area contributed by atoms with Crippen molar-refractivity contribution in [3.63, 3.8) is 0 Å². The smallest absolute Gasteiger partial charge is 0.170 e. The number of ether oxygens (including phenoxy) is 4. The van der Waals surface area contributed by atoms with Crippen LogP contribution in [0.3, 0.4) is 0 Å². The third-order valence-corrected chi connectivity index (χ3v) is 2.79. The van der Waals surface area contributed by atoms with Crippen LogP contribution in [0.1, 0.15) is 13.8 Å². The van der Waals surface area contributed by atoms with Crippen molar-refractivity contribution < 1.29 is 38.5 Å². The summed E-state index contributed by atoms with van der Waals surface area (Å²) >= 11 is 0. The van der Waals surface area contributed by atoms with Gasteiger partial charge < -0.3 is 28.7 Å². The lowest BCUT2D eigenvalue weighted by Crippen LogP contribution is -2.39. The Kier molecular flexibility index (Phi) is 22.5. The predicted octanol–water partition coefficient (Wildman–Crippen LogP) is 3.33. The molecule has 1 aliphatic heterocycles. The molecule has 0 aromatic heterocycles. The van der Waals surface area contributed by atoms with Gasteiger partial charge in [-0.3, -0.25) is 0 Å². The molecule has 0 aliphatic carbocycles. The second-order valence-electron chi connectivity index (χ2n) is 4.39. The largest absolute Gasteiger partial charge is 0.495 e. The van der Waals surface area contributed by atoms with Gasteiger partial charge in [0.05, 0.1) is 26.9 Å². The molecule has 0 amide bonds. The molecule has 8 nitrogen and oxygen atoms in total. The van der Waals surface area contributed by atoms with Gasteiger partial charge in [-0.25, -0.2) is 0 Å². The van der Waals surface area contributed by atoms with Gasteiger partial charge in [-0.2, -0.15) is 9.78 Å². The van der Waals surface area contributed by atoms with E-state index >= 15 is 0 Å². The lowest BCUT2D eigenvalue weighted by Gasteiger charge is -2.29. The van der Waals surface area contributed by atoms with Crippen LogP contribution < -0.4 is 0 Å². The number of methoxy groups -OCH3 is 1. The zero-order valence-electron chi connectivity index (χ0n) is 16.7. The second kappa shape index (κ2) is 22.2. The maximum Gasteiger partial charge on any atom is 0.170 e. The van der Waals surface area contributed by atoms with Gasteiger partial charge in [0.15, 0.2) is 12.0 Å². The van der Waals surface area contributed by atoms with Crippen LogP contribution >= 0.6 is 0 Å². The molecular weight excluding hydrogens is 356 g/mol. The van der Waals surface area contributed by atoms with Gasteiger partial charge in [0.2, 0.25) is 0 Å². The first kappa shape index (κ1) is 27.4. The molecule has 0 fully saturated rings. The summed E-state index contributed by atoms with van der Waals surface area (Å²) in [6.07, 6.45) is 3.68. The van der Waals surface area contributed by atoms with E-state index < -0.39 is 6.10 Å². The molecule has 2 unspecified atom stereocenters. The van der Waals surface area contributed by atoms with E-state index in [0.29, 0.717) is 38.8 Å². The van der Waals surface area contributed by atoms with Crippen molar-refractivity contribution in [2.75, 3.05) is 46.8 Å². The van der Waals surface area contributed by atoms with Crippen molar-refractivity contribution in [3.05, 3.63) is 50.7 Å². The molecule has 2 atom stereocenters. The van der Waals surface area contributed by atoms with Crippen LogP contribution in [0.2, 0.25) is 0 Å². The van der Waals surface area contributed by atoms with Crippen LogP contribution in [0.4, 0.5) is 0 Å². The minimum absolute atomic E-state index is 0.269. The van der Waals surface area contributed by atoms with Gasteiger partial charge in [-0.1, -0.05) is 0 Å². The summed E-state index contributed by atoms with van der Waals surface area (Å²) in [6, 6.07) is 0. The zero-order chi connectivity index (χ0) is 20.8. The van der Waals surface area contributed by atoms with E-state index in [4.69, 9.17) is 38.5 Å². The van der Waals surface area contributed by atoms with E-state index in [-0.39, 0.29) is 12.7 Å². The molecule has 0 radical (unpaired) electrons. The Bertz CT molecular complexity index is 371. The van der Waals surface area contributed by atoms with E-state index in [1.807, 2.05) is 13.8 Å². The molecule has 0 aromatic rings. The lowest BCUT2D eigenvalue weighted by atomic mass is 10.1. The summed E-state index contributed by atoms with van der Waals surface area (Å²) in [6.45, 7) is 17.9. The Morgan fingerprint density at radius 2 is 1.96 bits per heavy atom. The molecule has 0 saturated carbocycles. The SMILES string of the molecule is C/C=C\OOCCOC(COCC)C1OCCOOC=C1OC.C=C.C=C. The van der Waals surface area contributed by atoms with Crippen LogP contribution in [0.15, 0.2) is 50.7 Å². The van der Waals surface area contributed by atoms with E-state index in [9.17, 15) is 0 Å². The summed E-state index contributed by atoms with van der Waals surface area (Å²) in [5, 5.41) is 0. The van der Waals surface area contributed by atoms with Gasteiger partial charge in [0, 0.05) is 6.61 Å². The fourth-order valence-electron chi connectivity index (χ4n) is 1.78. The molecule has 8 heteroatoms. The highest BCUT2D eigenvalue weighted by molar-refractivity contribution is 5.01. The standard InChI is InChI=1S/C15H26O8.2C2H4/c1-4-6-20-21-9-7-18-14(11-17-5-2)15-13(16-3)12-23-22-10-8-19-15;2*1-2/h4,6,12,14-15H,5,7-11H2,1-3H3;2*1-2H2/b6-4-,13-12?;;. The van der Waals surface area contributed by atoms with Crippen LogP contribution in [0.5, 0.6) is 0 Å². The number of hydrogen-bond acceptors (Lipinski definition) is 8. The first-order valence-corrected chi connectivity index (χ1v) is 8.56. The molecule has 1 heterocycles. The maximum absolute atomic E-state index is 5.80. The highest BCUT2D eigenvalue weighted by atomic mass is 17.2. The van der Waals surface area contributed by atoms with Gasteiger partial charge >= 0.3 is 0 Å². The third-order valence-electron chi connectivity index (χ3n) is 2.79. The monoisotopic (exact) mass is 390 g/mol. The summed E-state index contributed by atoms with van der Waals surface area (Å²) in [4.78, 5) is 19.5. The van der Waals surface area contributed by atoms with Gasteiger partial charge in [-0.05, 0) is 19.9 Å². The Balaban J connectivity index is 0. The predicted molar refractivity (Wildman–Crippen MR) is 102 cm³/mol. The normalized spacial score (nSPS) is 17.6. The molecule has 0 aromatic carbocycles. The maximum atomic E-state index is 5.80. The molecule has 0 spiro atoms. The fraction of sp³-hybridized carbons (Fsp3) is 0.579. The molecule has 27 heavy (non-hydrogen) atoms. The van der Waals surface area contributed by atoms with Crippen LogP contribution in [0.25, 0.3) is 0 Å². The highest BCUT2D eigenvalue weighted by Crippen LogP contribution is 2.18. The van der Waals surface area contributed by atoms with Crippen LogP contribution in [0, 0.1) is 0 Å². The summed E-state index contributed by atoms with van der Waals surface area (Å²) < 4.78 is 22.3. The van der Waals surface area contributed by atoms with Crippen molar-refractivity contribution in [2.24, 2.45) is 0 Å². The van der Waals surface area contributed by atoms with Crippen molar-refractivity contribution in [3.8, 4) is 0 Å². The minimum Gasteiger partial charge on any atom is -0.495 e. The Labute approximate surface area is 162 Å². The number of hydrogen-bond donors (Lipinski definition) is 0. The summed E-state index contributed by atoms with van der Waals surface area (Å²) in [7, 11) is 1.53. The van der Waals surface area contributed by atoms with E-state index in [2.05, 4.69) is 26.3 Å². The number of allylic oxidation sites excluding steroid dienone is 1. The Morgan fingerprint density at radius 3 is 2.59 bits per heavy atom. The first-order valence-electron chi connectivity index (χ1n) is 8.56. The summed E-state index contributed by atoms with van der Waals surface area (Å²) in [5.41, 5.74) is 0. The van der Waals surface area contributed by atoms with Crippen LogP contribution in [-0.4, -0.2) is 59.0 Å². The van der Waals surface area contributed by atoms with Crippen molar-refractivity contribution in [1.82, 2.24) is 0 Å². The topological polar surface area (TPSA) is 73.8 Å². The van der Waals surface area contributed by atoms with Gasteiger partial charge in [0.1, 0.15) is 31.7 Å². The molecule has 1 rings (SSSR count). The lowest BCUT2D eigenvalue weighted by molar-refractivity contribution is -0.272. The molecule has 158 valence electrons. The highest BCUT2D eigenvalue weighted by Gasteiger charge is 2.30. The molecule has 1 aliphatic rings. The van der Waals surface area contributed by atoms with Crippen LogP contribution in [-0.2, 0) is 38.5 Å². The van der Waals surface area contributed by atoms with Crippen molar-refractivity contribution >= 4 is 0 Å². The van der Waals surface area contributed by atoms with Crippen molar-refractivity contribution in [2.45, 2.75) is 26.1 Å². The second-order valence-corrected chi connectivity index (χ2v) is 4.39. The molecule has 0 saturated heterocycles. The molecule has 0 N–H and O–H groups in total. The zero-order valence-corrected chi connectivity index (χ0v) is 16.7. The minimum atomic E-state index is -0.466. The third kappa shape index (κ3) is 14.0. The Morgan fingerprint density at radius 1 is 1.22 bits per heavy atom. The quantitative estimate of drug-likeness (QED) is 0.175. The molecular formula is C19H34O8. The Hall–Kier alpha value is -1.84. The fourth-order valence-corrected chi connectivity index (χ4v) is 1.78. The number of rotatable bonds is 11. The molecule has 0 bridgehead atoms. The average molecular weight is 390 g/mol. The van der Waals surface area contributed by atoms with E-state index in [1.165, 1.54) is 19.6 Å². The average Bonchev–Trinajstić information content (AvgIpc) is 2.70. The van der Waals surface area contributed by atoms with E-state index in [0.717, 1.165) is 0 Å². The first-order chi connectivity index (χ1) is 13.3. The summed E-state index contributed by atoms with van der Waals surface area (Å²) in [5.74, 6) is 0.459. The van der Waals surface area contributed by atoms with Gasteiger partial charge in [0.25, 0.3) is 0 Å². The van der Waals surface area contributed by atoms with Crippen molar-refractivity contribution in [1.29, 1.82) is 0 Å². The van der Waals surface area contributed by atoms with Gasteiger partial charge in [-0.15, -0.1) is 26.3 Å². The van der Waals surface area contributed by atoms with E-state index in [1.54, 1.807) is 6.08 Å².